The van der Waals surface area contributed by atoms with E-state index in [0.29, 0.717) is 23.8 Å². The second kappa shape index (κ2) is 7.75. The predicted molar refractivity (Wildman–Crippen MR) is 95.6 cm³/mol. The number of hydrogen-bond acceptors (Lipinski definition) is 5. The number of nitrogens with one attached hydrogen (secondary N) is 2. The van der Waals surface area contributed by atoms with E-state index in [-0.39, 0.29) is 5.02 Å². The molecule has 8 nitrogen and oxygen atoms in total. The second-order valence-electron chi connectivity index (χ2n) is 7.07. The monoisotopic (exact) mass is 411 g/mol. The van der Waals surface area contributed by atoms with Crippen LogP contribution in [0.25, 0.3) is 0 Å². The van der Waals surface area contributed by atoms with Gasteiger partial charge in [0.15, 0.2) is 6.61 Å². The molecule has 0 atom stereocenters. The van der Waals surface area contributed by atoms with E-state index in [9.17, 15) is 23.6 Å². The standard InChI is InChI=1S/C18H19ClFN3O5/c1-10-4-6-18(7-5-10)16(26)23(17(27)21-18)22-14(24)9-28-15(25)12-8-11(19)2-3-13(12)20/h2-3,8,10H,4-7,9H2,1H3,(H,21,27)(H,22,24). The number of amides is 4. The number of hydrogen-bond donors (Lipinski definition) is 2. The summed E-state index contributed by atoms with van der Waals surface area (Å²) in [4.78, 5) is 48.7. The summed E-state index contributed by atoms with van der Waals surface area (Å²) in [5, 5.41) is 3.38. The summed E-state index contributed by atoms with van der Waals surface area (Å²) < 4.78 is 18.4. The molecule has 2 aliphatic rings. The molecule has 28 heavy (non-hydrogen) atoms. The summed E-state index contributed by atoms with van der Waals surface area (Å²) in [6, 6.07) is 2.60. The van der Waals surface area contributed by atoms with Crippen LogP contribution in [0.5, 0.6) is 0 Å². The SMILES string of the molecule is CC1CCC2(CC1)NC(=O)N(NC(=O)COC(=O)c1cc(Cl)ccc1F)C2=O. The van der Waals surface area contributed by atoms with Gasteiger partial charge >= 0.3 is 12.0 Å². The molecule has 0 radical (unpaired) electrons. The van der Waals surface area contributed by atoms with Crippen molar-refractivity contribution in [3.05, 3.63) is 34.6 Å². The Balaban J connectivity index is 1.57. The molecule has 1 aliphatic carbocycles. The van der Waals surface area contributed by atoms with Crippen molar-refractivity contribution in [2.45, 2.75) is 38.1 Å². The highest BCUT2D eigenvalue weighted by Gasteiger charge is 2.52. The molecule has 1 saturated heterocycles. The molecule has 1 aromatic rings. The highest BCUT2D eigenvalue weighted by molar-refractivity contribution is 6.30. The number of carbonyl (C=O) groups excluding carboxylic acids is 4. The molecule has 1 saturated carbocycles. The number of urea groups is 1. The maximum Gasteiger partial charge on any atom is 0.344 e. The van der Waals surface area contributed by atoms with Gasteiger partial charge in [-0.25, -0.2) is 14.0 Å². The zero-order valence-corrected chi connectivity index (χ0v) is 15.8. The van der Waals surface area contributed by atoms with E-state index in [1.807, 2.05) is 0 Å². The average Bonchev–Trinajstić information content (AvgIpc) is 2.88. The van der Waals surface area contributed by atoms with Gasteiger partial charge in [0.1, 0.15) is 11.4 Å². The van der Waals surface area contributed by atoms with Crippen LogP contribution < -0.4 is 10.7 Å². The second-order valence-corrected chi connectivity index (χ2v) is 7.51. The van der Waals surface area contributed by atoms with Crippen molar-refractivity contribution < 1.29 is 28.3 Å². The number of ether oxygens (including phenoxy) is 1. The van der Waals surface area contributed by atoms with Crippen molar-refractivity contribution in [2.75, 3.05) is 6.61 Å². The summed E-state index contributed by atoms with van der Waals surface area (Å²) in [7, 11) is 0. The minimum atomic E-state index is -1.09. The summed E-state index contributed by atoms with van der Waals surface area (Å²) in [5.41, 5.74) is 0.702. The normalized spacial score (nSPS) is 24.2. The van der Waals surface area contributed by atoms with Crippen molar-refractivity contribution in [3.8, 4) is 0 Å². The van der Waals surface area contributed by atoms with Gasteiger partial charge in [0.05, 0.1) is 5.56 Å². The largest absolute Gasteiger partial charge is 0.452 e. The zero-order valence-electron chi connectivity index (χ0n) is 15.1. The number of imide groups is 1. The molecule has 0 unspecified atom stereocenters. The number of esters is 1. The molecule has 4 amide bonds. The van der Waals surface area contributed by atoms with E-state index in [1.165, 1.54) is 6.07 Å². The molecule has 0 bridgehead atoms. The van der Waals surface area contributed by atoms with Gasteiger partial charge in [-0.1, -0.05) is 18.5 Å². The van der Waals surface area contributed by atoms with Crippen LogP contribution in [0, 0.1) is 11.7 Å². The van der Waals surface area contributed by atoms with Crippen molar-refractivity contribution in [3.63, 3.8) is 0 Å². The molecule has 2 fully saturated rings. The molecule has 10 heteroatoms. The van der Waals surface area contributed by atoms with E-state index >= 15 is 0 Å². The molecule has 3 rings (SSSR count). The number of halogens is 2. The molecule has 1 spiro atoms. The molecule has 2 N–H and O–H groups in total. The molecular formula is C18H19ClFN3O5. The Labute approximate surface area is 165 Å². The molecular weight excluding hydrogens is 393 g/mol. The number of carbonyl (C=O) groups is 4. The zero-order chi connectivity index (χ0) is 20.5. The van der Waals surface area contributed by atoms with Crippen LogP contribution in [-0.2, 0) is 14.3 Å². The van der Waals surface area contributed by atoms with E-state index in [1.54, 1.807) is 0 Å². The highest BCUT2D eigenvalue weighted by atomic mass is 35.5. The third-order valence-electron chi connectivity index (χ3n) is 5.01. The van der Waals surface area contributed by atoms with Crippen molar-refractivity contribution in [1.29, 1.82) is 0 Å². The lowest BCUT2D eigenvalue weighted by atomic mass is 9.77. The average molecular weight is 412 g/mol. The molecule has 150 valence electrons. The van der Waals surface area contributed by atoms with Gasteiger partial charge in [-0.2, -0.15) is 5.01 Å². The lowest BCUT2D eigenvalue weighted by molar-refractivity contribution is -0.141. The van der Waals surface area contributed by atoms with Gasteiger partial charge in [-0.05, 0) is 49.8 Å². The fourth-order valence-corrected chi connectivity index (χ4v) is 3.51. The number of benzene rings is 1. The Bertz CT molecular complexity index is 839. The van der Waals surface area contributed by atoms with Crippen molar-refractivity contribution in [2.24, 2.45) is 5.92 Å². The Hall–Kier alpha value is -2.68. The highest BCUT2D eigenvalue weighted by Crippen LogP contribution is 2.35. The van der Waals surface area contributed by atoms with Crippen molar-refractivity contribution in [1.82, 2.24) is 15.8 Å². The molecule has 0 aromatic heterocycles. The fourth-order valence-electron chi connectivity index (χ4n) is 3.34. The Morgan fingerprint density at radius 1 is 1.36 bits per heavy atom. The van der Waals surface area contributed by atoms with Gasteiger partial charge in [0.25, 0.3) is 11.8 Å². The Morgan fingerprint density at radius 3 is 2.71 bits per heavy atom. The summed E-state index contributed by atoms with van der Waals surface area (Å²) in [6.45, 7) is 1.27. The first-order chi connectivity index (χ1) is 13.2. The lowest BCUT2D eigenvalue weighted by Gasteiger charge is -2.33. The topological polar surface area (TPSA) is 105 Å². The first kappa shape index (κ1) is 20.1. The van der Waals surface area contributed by atoms with Gasteiger partial charge in [-0.15, -0.1) is 0 Å². The smallest absolute Gasteiger partial charge is 0.344 e. The van der Waals surface area contributed by atoms with Gasteiger partial charge < -0.3 is 10.1 Å². The Kier molecular flexibility index (Phi) is 5.55. The van der Waals surface area contributed by atoms with E-state index in [4.69, 9.17) is 16.3 Å². The van der Waals surface area contributed by atoms with Crippen LogP contribution >= 0.6 is 11.6 Å². The quantitative estimate of drug-likeness (QED) is 0.583. The van der Waals surface area contributed by atoms with Crippen molar-refractivity contribution >= 4 is 35.4 Å². The fraction of sp³-hybridized carbons (Fsp3) is 0.444. The van der Waals surface area contributed by atoms with Crippen LogP contribution in [0.15, 0.2) is 18.2 Å². The summed E-state index contributed by atoms with van der Waals surface area (Å²) in [5.74, 6) is -2.92. The molecule has 1 aliphatic heterocycles. The number of hydrazine groups is 1. The van der Waals surface area contributed by atoms with E-state index in [0.717, 1.165) is 25.0 Å². The molecule has 1 aromatic carbocycles. The third kappa shape index (κ3) is 3.94. The minimum absolute atomic E-state index is 0.129. The molecule has 1 heterocycles. The van der Waals surface area contributed by atoms with Gasteiger partial charge in [0, 0.05) is 5.02 Å². The van der Waals surface area contributed by atoms with Crippen LogP contribution in [0.1, 0.15) is 43.0 Å². The van der Waals surface area contributed by atoms with Crippen LogP contribution in [-0.4, -0.2) is 41.0 Å². The summed E-state index contributed by atoms with van der Waals surface area (Å²) in [6.07, 6.45) is 2.56. The van der Waals surface area contributed by atoms with Gasteiger partial charge in [-0.3, -0.25) is 15.0 Å². The van der Waals surface area contributed by atoms with Crippen LogP contribution in [0.3, 0.4) is 0 Å². The third-order valence-corrected chi connectivity index (χ3v) is 5.24. The Morgan fingerprint density at radius 2 is 2.04 bits per heavy atom. The predicted octanol–water partition coefficient (Wildman–Crippen LogP) is 2.17. The maximum absolute atomic E-state index is 13.6. The number of rotatable bonds is 4. The van der Waals surface area contributed by atoms with Gasteiger partial charge in [0.2, 0.25) is 0 Å². The van der Waals surface area contributed by atoms with E-state index in [2.05, 4.69) is 17.7 Å². The maximum atomic E-state index is 13.6. The van der Waals surface area contributed by atoms with Crippen LogP contribution in [0.4, 0.5) is 9.18 Å². The van der Waals surface area contributed by atoms with Crippen LogP contribution in [0.2, 0.25) is 5.02 Å². The number of nitrogens with zero attached hydrogens (tertiary/aromatic N) is 1. The lowest BCUT2D eigenvalue weighted by Crippen LogP contribution is -2.52. The first-order valence-corrected chi connectivity index (χ1v) is 9.18. The minimum Gasteiger partial charge on any atom is -0.452 e. The summed E-state index contributed by atoms with van der Waals surface area (Å²) >= 11 is 5.71. The first-order valence-electron chi connectivity index (χ1n) is 8.80. The van der Waals surface area contributed by atoms with E-state index < -0.39 is 47.3 Å².